The first kappa shape index (κ1) is 16.2. The Morgan fingerprint density at radius 3 is 2.79 bits per heavy atom. The molecule has 0 saturated carbocycles. The Hall–Kier alpha value is -0.880. The zero-order valence-corrected chi connectivity index (χ0v) is 12.9. The number of aryl methyl sites for hydroxylation is 1. The average Bonchev–Trinajstić information content (AvgIpc) is 2.76. The van der Waals surface area contributed by atoms with Gasteiger partial charge < -0.3 is 5.32 Å². The van der Waals surface area contributed by atoms with Gasteiger partial charge in [0.15, 0.2) is 0 Å². The third kappa shape index (κ3) is 6.73. The molecule has 6 heteroatoms. The molecular formula is C13H25N3O2S. The van der Waals surface area contributed by atoms with Gasteiger partial charge in [0.05, 0.1) is 11.4 Å². The number of nitrogens with one attached hydrogen (secondary N) is 1. The molecule has 0 unspecified atom stereocenters. The van der Waals surface area contributed by atoms with E-state index in [0.29, 0.717) is 18.9 Å². The van der Waals surface area contributed by atoms with Crippen LogP contribution in [0.15, 0.2) is 12.3 Å². The molecule has 0 saturated heterocycles. The van der Waals surface area contributed by atoms with Gasteiger partial charge in [-0.3, -0.25) is 4.68 Å². The maximum absolute atomic E-state index is 11.4. The number of nitrogens with zero attached hydrogens (tertiary/aromatic N) is 2. The van der Waals surface area contributed by atoms with Crippen molar-refractivity contribution in [2.24, 2.45) is 5.92 Å². The van der Waals surface area contributed by atoms with Crippen molar-refractivity contribution in [2.45, 2.75) is 40.3 Å². The van der Waals surface area contributed by atoms with E-state index in [1.807, 2.05) is 16.9 Å². The van der Waals surface area contributed by atoms with Gasteiger partial charge in [-0.1, -0.05) is 20.8 Å². The first-order valence-electron chi connectivity index (χ1n) is 6.86. The lowest BCUT2D eigenvalue weighted by Gasteiger charge is -2.05. The fourth-order valence-corrected chi connectivity index (χ4v) is 2.56. The lowest BCUT2D eigenvalue weighted by atomic mass is 10.2. The van der Waals surface area contributed by atoms with Gasteiger partial charge in [-0.25, -0.2) is 8.42 Å². The van der Waals surface area contributed by atoms with Crippen LogP contribution < -0.4 is 5.32 Å². The fourth-order valence-electron chi connectivity index (χ4n) is 1.70. The molecule has 0 aliphatic carbocycles. The first-order valence-corrected chi connectivity index (χ1v) is 8.68. The summed E-state index contributed by atoms with van der Waals surface area (Å²) in [5, 5.41) is 7.74. The third-order valence-electron chi connectivity index (χ3n) is 2.84. The molecule has 1 N–H and O–H groups in total. The average molecular weight is 287 g/mol. The van der Waals surface area contributed by atoms with Crippen LogP contribution in [-0.2, 0) is 22.9 Å². The summed E-state index contributed by atoms with van der Waals surface area (Å²) in [6, 6.07) is 1.97. The normalized spacial score (nSPS) is 12.2. The van der Waals surface area contributed by atoms with E-state index in [1.54, 1.807) is 6.92 Å². The maximum atomic E-state index is 11.4. The van der Waals surface area contributed by atoms with Crippen LogP contribution in [0.25, 0.3) is 0 Å². The minimum absolute atomic E-state index is 0.219. The van der Waals surface area contributed by atoms with Gasteiger partial charge in [0.25, 0.3) is 0 Å². The predicted molar refractivity (Wildman–Crippen MR) is 77.7 cm³/mol. The van der Waals surface area contributed by atoms with Crippen LogP contribution in [0.2, 0.25) is 0 Å². The summed E-state index contributed by atoms with van der Waals surface area (Å²) in [4.78, 5) is 0. The Morgan fingerprint density at radius 1 is 1.42 bits per heavy atom. The molecular weight excluding hydrogens is 262 g/mol. The zero-order chi connectivity index (χ0) is 14.3. The summed E-state index contributed by atoms with van der Waals surface area (Å²) in [7, 11) is -2.86. The van der Waals surface area contributed by atoms with Crippen LogP contribution in [0.5, 0.6) is 0 Å². The van der Waals surface area contributed by atoms with Crippen LogP contribution >= 0.6 is 0 Å². The Kier molecular flexibility index (Phi) is 6.51. The van der Waals surface area contributed by atoms with Gasteiger partial charge in [-0.2, -0.15) is 5.10 Å². The molecule has 0 aliphatic rings. The molecule has 0 fully saturated rings. The van der Waals surface area contributed by atoms with E-state index in [4.69, 9.17) is 0 Å². The van der Waals surface area contributed by atoms with Crippen molar-refractivity contribution in [1.82, 2.24) is 15.1 Å². The Labute approximate surface area is 116 Å². The van der Waals surface area contributed by atoms with Crippen molar-refractivity contribution >= 4 is 9.84 Å². The molecule has 110 valence electrons. The second kappa shape index (κ2) is 7.65. The number of hydrogen-bond donors (Lipinski definition) is 1. The van der Waals surface area contributed by atoms with Crippen LogP contribution in [0.3, 0.4) is 0 Å². The molecule has 0 bridgehead atoms. The standard InChI is InChI=1S/C13H25N3O2S/c1-4-19(17,18)9-5-7-16-8-6-13(15-16)11-14-10-12(2)3/h6,8,12,14H,4-5,7,9-11H2,1-3H3. The zero-order valence-electron chi connectivity index (χ0n) is 12.1. The molecule has 0 aliphatic heterocycles. The SMILES string of the molecule is CCS(=O)(=O)CCCn1ccc(CNCC(C)C)n1. The molecule has 1 rings (SSSR count). The minimum Gasteiger partial charge on any atom is -0.311 e. The second-order valence-corrected chi connectivity index (χ2v) is 7.66. The van der Waals surface area contributed by atoms with Crippen LogP contribution in [0.4, 0.5) is 0 Å². The van der Waals surface area contributed by atoms with Crippen LogP contribution in [0, 0.1) is 5.92 Å². The molecule has 0 radical (unpaired) electrons. The van der Waals surface area contributed by atoms with E-state index < -0.39 is 9.84 Å². The van der Waals surface area contributed by atoms with E-state index in [2.05, 4.69) is 24.3 Å². The monoisotopic (exact) mass is 287 g/mol. The lowest BCUT2D eigenvalue weighted by molar-refractivity contribution is 0.536. The number of sulfone groups is 1. The Bertz CT molecular complexity index is 466. The molecule has 0 aromatic carbocycles. The highest BCUT2D eigenvalue weighted by molar-refractivity contribution is 7.91. The second-order valence-electron chi connectivity index (χ2n) is 5.18. The highest BCUT2D eigenvalue weighted by Gasteiger charge is 2.07. The number of rotatable bonds is 9. The van der Waals surface area contributed by atoms with Crippen LogP contribution in [0.1, 0.15) is 32.9 Å². The van der Waals surface area contributed by atoms with E-state index >= 15 is 0 Å². The molecule has 1 heterocycles. The molecule has 1 aromatic rings. The maximum Gasteiger partial charge on any atom is 0.150 e. The summed E-state index contributed by atoms with van der Waals surface area (Å²) in [6.45, 7) is 8.41. The van der Waals surface area contributed by atoms with E-state index in [-0.39, 0.29) is 11.5 Å². The summed E-state index contributed by atoms with van der Waals surface area (Å²) in [5.74, 6) is 1.09. The Balaban J connectivity index is 2.31. The number of hydrogen-bond acceptors (Lipinski definition) is 4. The molecule has 1 aromatic heterocycles. The third-order valence-corrected chi connectivity index (χ3v) is 4.63. The smallest absolute Gasteiger partial charge is 0.150 e. The van der Waals surface area contributed by atoms with Gasteiger partial charge in [-0.15, -0.1) is 0 Å². The van der Waals surface area contributed by atoms with Gasteiger partial charge >= 0.3 is 0 Å². The van der Waals surface area contributed by atoms with Crippen molar-refractivity contribution in [3.05, 3.63) is 18.0 Å². The van der Waals surface area contributed by atoms with E-state index in [9.17, 15) is 8.42 Å². The molecule has 0 amide bonds. The Morgan fingerprint density at radius 2 is 2.16 bits per heavy atom. The van der Waals surface area contributed by atoms with E-state index in [0.717, 1.165) is 18.8 Å². The molecule has 19 heavy (non-hydrogen) atoms. The first-order chi connectivity index (χ1) is 8.93. The topological polar surface area (TPSA) is 64.0 Å². The highest BCUT2D eigenvalue weighted by Crippen LogP contribution is 2.00. The van der Waals surface area contributed by atoms with E-state index in [1.165, 1.54) is 0 Å². The summed E-state index contributed by atoms with van der Waals surface area (Å²) in [6.07, 6.45) is 2.53. The van der Waals surface area contributed by atoms with Crippen LogP contribution in [-0.4, -0.2) is 36.2 Å². The van der Waals surface area contributed by atoms with Crippen molar-refractivity contribution in [3.63, 3.8) is 0 Å². The van der Waals surface area contributed by atoms with Crippen molar-refractivity contribution in [1.29, 1.82) is 0 Å². The lowest BCUT2D eigenvalue weighted by Crippen LogP contribution is -2.19. The molecule has 5 nitrogen and oxygen atoms in total. The molecule has 0 spiro atoms. The quantitative estimate of drug-likeness (QED) is 0.747. The summed E-state index contributed by atoms with van der Waals surface area (Å²) >= 11 is 0. The van der Waals surface area contributed by atoms with Gasteiger partial charge in [0, 0.05) is 25.0 Å². The summed E-state index contributed by atoms with van der Waals surface area (Å²) < 4.78 is 24.5. The predicted octanol–water partition coefficient (Wildman–Crippen LogP) is 1.45. The molecule has 0 atom stereocenters. The fraction of sp³-hybridized carbons (Fsp3) is 0.769. The van der Waals surface area contributed by atoms with Crippen molar-refractivity contribution in [2.75, 3.05) is 18.1 Å². The van der Waals surface area contributed by atoms with Crippen molar-refractivity contribution < 1.29 is 8.42 Å². The van der Waals surface area contributed by atoms with Gasteiger partial charge in [0.1, 0.15) is 9.84 Å². The van der Waals surface area contributed by atoms with Gasteiger partial charge in [-0.05, 0) is 24.9 Å². The van der Waals surface area contributed by atoms with Gasteiger partial charge in [0.2, 0.25) is 0 Å². The minimum atomic E-state index is -2.86. The van der Waals surface area contributed by atoms with Crippen molar-refractivity contribution in [3.8, 4) is 0 Å². The highest BCUT2D eigenvalue weighted by atomic mass is 32.2. The number of aromatic nitrogens is 2. The largest absolute Gasteiger partial charge is 0.311 e. The summed E-state index contributed by atoms with van der Waals surface area (Å²) in [5.41, 5.74) is 0.999.